The number of amides is 1. The summed E-state index contributed by atoms with van der Waals surface area (Å²) in [5.74, 6) is 1.08. The second-order valence-corrected chi connectivity index (χ2v) is 6.12. The number of hydrogen-bond donors (Lipinski definition) is 1. The molecule has 0 aliphatic carbocycles. The number of carbonyl (C=O) groups excluding carboxylic acids is 1. The van der Waals surface area contributed by atoms with E-state index in [2.05, 4.69) is 10.3 Å². The zero-order chi connectivity index (χ0) is 13.5. The lowest BCUT2D eigenvalue weighted by molar-refractivity contribution is -0.132. The summed E-state index contributed by atoms with van der Waals surface area (Å²) in [6.45, 7) is 2.96. The Balaban J connectivity index is 0.00000200. The maximum Gasteiger partial charge on any atom is 0.222 e. The Labute approximate surface area is 143 Å². The van der Waals surface area contributed by atoms with Gasteiger partial charge in [-0.15, -0.1) is 36.2 Å². The maximum absolute atomic E-state index is 12.1. The van der Waals surface area contributed by atoms with Crippen molar-refractivity contribution in [2.24, 2.45) is 5.92 Å². The first-order chi connectivity index (χ1) is 9.29. The third-order valence-corrected chi connectivity index (χ3v) is 4.65. The monoisotopic (exact) mass is 353 g/mol. The third kappa shape index (κ3) is 6.96. The molecule has 0 unspecified atom stereocenters. The first-order valence-electron chi connectivity index (χ1n) is 7.10. The van der Waals surface area contributed by atoms with Crippen LogP contribution in [-0.2, 0) is 11.2 Å². The molecule has 1 fully saturated rings. The smallest absolute Gasteiger partial charge is 0.222 e. The topological polar surface area (TPSA) is 45.2 Å². The fraction of sp³-hybridized carbons (Fsp3) is 0.714. The van der Waals surface area contributed by atoms with Gasteiger partial charge in [0.25, 0.3) is 0 Å². The van der Waals surface area contributed by atoms with E-state index < -0.39 is 0 Å². The summed E-state index contributed by atoms with van der Waals surface area (Å²) in [7, 11) is 2.00. The number of aryl methyl sites for hydroxylation is 1. The van der Waals surface area contributed by atoms with Crippen LogP contribution in [0.5, 0.6) is 0 Å². The number of thiazole rings is 1. The van der Waals surface area contributed by atoms with Gasteiger partial charge in [-0.2, -0.15) is 0 Å². The Bertz CT molecular complexity index is 382. The minimum absolute atomic E-state index is 0. The predicted octanol–water partition coefficient (Wildman–Crippen LogP) is 2.77. The van der Waals surface area contributed by atoms with Crippen molar-refractivity contribution in [3.05, 3.63) is 16.6 Å². The number of rotatable bonds is 6. The average Bonchev–Trinajstić information content (AvgIpc) is 2.96. The average molecular weight is 354 g/mol. The summed E-state index contributed by atoms with van der Waals surface area (Å²) >= 11 is 1.63. The van der Waals surface area contributed by atoms with E-state index in [-0.39, 0.29) is 24.8 Å². The molecule has 2 heterocycles. The molecule has 7 heteroatoms. The third-order valence-electron chi connectivity index (χ3n) is 3.81. The second-order valence-electron chi connectivity index (χ2n) is 5.14. The van der Waals surface area contributed by atoms with Gasteiger partial charge in [0, 0.05) is 37.5 Å². The van der Waals surface area contributed by atoms with Crippen molar-refractivity contribution in [2.75, 3.05) is 26.7 Å². The summed E-state index contributed by atoms with van der Waals surface area (Å²) in [4.78, 5) is 18.4. The van der Waals surface area contributed by atoms with Crippen LogP contribution in [0, 0.1) is 5.92 Å². The molecule has 0 bridgehead atoms. The molecule has 0 spiro atoms. The van der Waals surface area contributed by atoms with Crippen LogP contribution in [0.15, 0.2) is 11.6 Å². The summed E-state index contributed by atoms with van der Waals surface area (Å²) in [6.07, 6.45) is 6.75. The van der Waals surface area contributed by atoms with Crippen molar-refractivity contribution in [1.82, 2.24) is 15.2 Å². The van der Waals surface area contributed by atoms with Gasteiger partial charge in [0.15, 0.2) is 0 Å². The number of aromatic nitrogens is 1. The molecule has 2 rings (SSSR count). The highest BCUT2D eigenvalue weighted by atomic mass is 35.5. The van der Waals surface area contributed by atoms with Gasteiger partial charge < -0.3 is 10.2 Å². The van der Waals surface area contributed by atoms with Crippen LogP contribution in [0.4, 0.5) is 0 Å². The summed E-state index contributed by atoms with van der Waals surface area (Å²) in [6, 6.07) is 0. The minimum atomic E-state index is 0. The minimum Gasteiger partial charge on any atom is -0.343 e. The molecule has 1 N–H and O–H groups in total. The molecule has 1 amide bonds. The largest absolute Gasteiger partial charge is 0.343 e. The predicted molar refractivity (Wildman–Crippen MR) is 92.8 cm³/mol. The summed E-state index contributed by atoms with van der Waals surface area (Å²) < 4.78 is 0. The molecule has 122 valence electrons. The zero-order valence-electron chi connectivity index (χ0n) is 12.4. The van der Waals surface area contributed by atoms with E-state index in [0.717, 1.165) is 49.8 Å². The van der Waals surface area contributed by atoms with Gasteiger partial charge in [0.05, 0.1) is 5.01 Å². The zero-order valence-corrected chi connectivity index (χ0v) is 14.9. The molecule has 1 saturated heterocycles. The van der Waals surface area contributed by atoms with E-state index in [1.54, 1.807) is 17.5 Å². The first kappa shape index (κ1) is 20.6. The van der Waals surface area contributed by atoms with Crippen molar-refractivity contribution < 1.29 is 4.79 Å². The molecule has 1 aromatic heterocycles. The quantitative estimate of drug-likeness (QED) is 0.855. The molecule has 1 aliphatic heterocycles. The number of nitrogens with one attached hydrogen (secondary N) is 1. The van der Waals surface area contributed by atoms with Gasteiger partial charge in [-0.25, -0.2) is 4.98 Å². The van der Waals surface area contributed by atoms with Crippen LogP contribution >= 0.6 is 36.2 Å². The van der Waals surface area contributed by atoms with E-state index in [9.17, 15) is 4.79 Å². The number of halogens is 2. The van der Waals surface area contributed by atoms with E-state index in [1.807, 2.05) is 17.3 Å². The standard InChI is InChI=1S/C14H23N3OS.2ClH/c1-15-7-4-12-5-9-17(10-6-12)14(18)3-2-13-16-8-11-19-13;;/h8,11-12,15H,2-7,9-10H2,1H3;2*1H. The van der Waals surface area contributed by atoms with Crippen LogP contribution in [0.3, 0.4) is 0 Å². The van der Waals surface area contributed by atoms with Crippen molar-refractivity contribution >= 4 is 42.1 Å². The number of nitrogens with zero attached hydrogens (tertiary/aromatic N) is 2. The van der Waals surface area contributed by atoms with E-state index >= 15 is 0 Å². The van der Waals surface area contributed by atoms with Gasteiger partial charge in [-0.3, -0.25) is 4.79 Å². The highest BCUT2D eigenvalue weighted by Gasteiger charge is 2.22. The van der Waals surface area contributed by atoms with E-state index in [0.29, 0.717) is 12.3 Å². The Kier molecular flexibility index (Phi) is 11.0. The van der Waals surface area contributed by atoms with Crippen molar-refractivity contribution in [2.45, 2.75) is 32.1 Å². The molecule has 4 nitrogen and oxygen atoms in total. The summed E-state index contributed by atoms with van der Waals surface area (Å²) in [5, 5.41) is 6.23. The number of piperidine rings is 1. The van der Waals surface area contributed by atoms with Crippen LogP contribution < -0.4 is 5.32 Å². The lowest BCUT2D eigenvalue weighted by Crippen LogP contribution is -2.39. The van der Waals surface area contributed by atoms with Crippen molar-refractivity contribution in [1.29, 1.82) is 0 Å². The molecule has 21 heavy (non-hydrogen) atoms. The van der Waals surface area contributed by atoms with Gasteiger partial charge in [-0.05, 0) is 38.8 Å². The van der Waals surface area contributed by atoms with Crippen LogP contribution in [0.2, 0.25) is 0 Å². The lowest BCUT2D eigenvalue weighted by atomic mass is 9.93. The Morgan fingerprint density at radius 1 is 1.43 bits per heavy atom. The van der Waals surface area contributed by atoms with Crippen molar-refractivity contribution in [3.63, 3.8) is 0 Å². The number of hydrogen-bond acceptors (Lipinski definition) is 4. The van der Waals surface area contributed by atoms with Crippen LogP contribution in [0.1, 0.15) is 30.7 Å². The fourth-order valence-electron chi connectivity index (χ4n) is 2.57. The Morgan fingerprint density at radius 2 is 2.14 bits per heavy atom. The van der Waals surface area contributed by atoms with E-state index in [4.69, 9.17) is 0 Å². The van der Waals surface area contributed by atoms with Gasteiger partial charge in [0.2, 0.25) is 5.91 Å². The second kappa shape index (κ2) is 11.2. The van der Waals surface area contributed by atoms with Crippen LogP contribution in [0.25, 0.3) is 0 Å². The SMILES string of the molecule is CNCCC1CCN(C(=O)CCc2nccs2)CC1.Cl.Cl. The van der Waals surface area contributed by atoms with Gasteiger partial charge >= 0.3 is 0 Å². The maximum atomic E-state index is 12.1. The Hall–Kier alpha value is -0.360. The van der Waals surface area contributed by atoms with E-state index in [1.165, 1.54) is 6.42 Å². The van der Waals surface area contributed by atoms with Crippen molar-refractivity contribution in [3.8, 4) is 0 Å². The molecule has 0 saturated carbocycles. The molecule has 1 aliphatic rings. The molecule has 0 atom stereocenters. The highest BCUT2D eigenvalue weighted by molar-refractivity contribution is 7.09. The van der Waals surface area contributed by atoms with Gasteiger partial charge in [-0.1, -0.05) is 0 Å². The highest BCUT2D eigenvalue weighted by Crippen LogP contribution is 2.20. The number of carbonyl (C=O) groups is 1. The van der Waals surface area contributed by atoms with Crippen LogP contribution in [-0.4, -0.2) is 42.5 Å². The molecule has 0 aromatic carbocycles. The first-order valence-corrected chi connectivity index (χ1v) is 7.98. The molecular formula is C14H25Cl2N3OS. The molecule has 1 aromatic rings. The Morgan fingerprint density at radius 3 is 2.71 bits per heavy atom. The van der Waals surface area contributed by atoms with Gasteiger partial charge in [0.1, 0.15) is 0 Å². The molecule has 0 radical (unpaired) electrons. The molecular weight excluding hydrogens is 329 g/mol. The normalized spacial score (nSPS) is 15.2. The summed E-state index contributed by atoms with van der Waals surface area (Å²) in [5.41, 5.74) is 0. The number of likely N-dealkylation sites (tertiary alicyclic amines) is 1. The lowest BCUT2D eigenvalue weighted by Gasteiger charge is -2.32. The fourth-order valence-corrected chi connectivity index (χ4v) is 3.19.